The minimum absolute atomic E-state index is 0.707. The van der Waals surface area contributed by atoms with Crippen LogP contribution >= 0.6 is 0 Å². The zero-order valence-corrected chi connectivity index (χ0v) is 28.2. The first kappa shape index (κ1) is 28.0. The Kier molecular flexibility index (Phi) is 5.58. The zero-order valence-electron chi connectivity index (χ0n) is 28.2. The summed E-state index contributed by atoms with van der Waals surface area (Å²) >= 11 is 0. The van der Waals surface area contributed by atoms with E-state index in [4.69, 9.17) is 9.97 Å². The molecule has 0 aliphatic heterocycles. The first-order valence-corrected chi connectivity index (χ1v) is 18.0. The quantitative estimate of drug-likeness (QED) is 0.189. The predicted octanol–water partition coefficient (Wildman–Crippen LogP) is 11.5. The van der Waals surface area contributed by atoms with Gasteiger partial charge in [-0.3, -0.25) is 4.57 Å². The van der Waals surface area contributed by atoms with Crippen molar-refractivity contribution in [3.05, 3.63) is 180 Å². The number of hydrogen-bond donors (Lipinski definition) is 0. The Morgan fingerprint density at radius 2 is 0.962 bits per heavy atom. The molecule has 0 unspecified atom stereocenters. The molecule has 0 radical (unpaired) electrons. The lowest BCUT2D eigenvalue weighted by molar-refractivity contribution is 0.980. The third kappa shape index (κ3) is 3.86. The van der Waals surface area contributed by atoms with Crippen molar-refractivity contribution in [3.8, 4) is 45.1 Å². The monoisotopic (exact) mass is 662 g/mol. The standard InChI is InChI=1S/C48H30N4/c1-3-11-36-31(9-1)23-33-17-20-35(27-40(33)36)51-43-15-7-5-13-38(43)41-25-29(18-21-45(41)51)30-19-22-46-42(26-30)39-14-6-8-16-44(39)52(46)48-49-28-34-24-32-10-2-4-12-37(32)47(34)50-48/h1-22,25-28H,23-24H2. The highest BCUT2D eigenvalue weighted by molar-refractivity contribution is 6.12. The van der Waals surface area contributed by atoms with E-state index >= 15 is 0 Å². The Labute approximate surface area is 299 Å². The van der Waals surface area contributed by atoms with Crippen LogP contribution in [0.2, 0.25) is 0 Å². The van der Waals surface area contributed by atoms with Crippen LogP contribution in [0.1, 0.15) is 22.3 Å². The average molecular weight is 663 g/mol. The molecule has 2 aliphatic rings. The second-order valence-corrected chi connectivity index (χ2v) is 14.2. The molecule has 10 aromatic rings. The van der Waals surface area contributed by atoms with Crippen LogP contribution in [-0.4, -0.2) is 19.1 Å². The Hall–Kier alpha value is -6.78. The summed E-state index contributed by atoms with van der Waals surface area (Å²) in [6.07, 6.45) is 3.90. The molecule has 0 bridgehead atoms. The van der Waals surface area contributed by atoms with Crippen molar-refractivity contribution in [2.45, 2.75) is 12.8 Å². The van der Waals surface area contributed by atoms with Gasteiger partial charge >= 0.3 is 0 Å². The van der Waals surface area contributed by atoms with E-state index < -0.39 is 0 Å². The van der Waals surface area contributed by atoms with Gasteiger partial charge in [0.15, 0.2) is 0 Å². The van der Waals surface area contributed by atoms with Gasteiger partial charge in [0.1, 0.15) is 0 Å². The fourth-order valence-electron chi connectivity index (χ4n) is 9.03. The van der Waals surface area contributed by atoms with E-state index in [-0.39, 0.29) is 0 Å². The van der Waals surface area contributed by atoms with Crippen molar-refractivity contribution < 1.29 is 0 Å². The first-order chi connectivity index (χ1) is 25.8. The molecule has 242 valence electrons. The summed E-state index contributed by atoms with van der Waals surface area (Å²) < 4.78 is 4.66. The van der Waals surface area contributed by atoms with Crippen molar-refractivity contribution in [2.75, 3.05) is 0 Å². The molecular formula is C48H30N4. The maximum atomic E-state index is 5.19. The fraction of sp³-hybridized carbons (Fsp3) is 0.0417. The van der Waals surface area contributed by atoms with Gasteiger partial charge in [-0.2, -0.15) is 0 Å². The van der Waals surface area contributed by atoms with Gasteiger partial charge in [-0.05, 0) is 93.9 Å². The highest BCUT2D eigenvalue weighted by Gasteiger charge is 2.23. The van der Waals surface area contributed by atoms with Gasteiger partial charge in [0.25, 0.3) is 0 Å². The summed E-state index contributed by atoms with van der Waals surface area (Å²) in [5.74, 6) is 0.707. The Morgan fingerprint density at radius 3 is 1.71 bits per heavy atom. The van der Waals surface area contributed by atoms with Gasteiger partial charge in [-0.15, -0.1) is 0 Å². The molecular weight excluding hydrogens is 633 g/mol. The van der Waals surface area contributed by atoms with Crippen molar-refractivity contribution in [3.63, 3.8) is 0 Å². The Bertz CT molecular complexity index is 2930. The summed E-state index contributed by atoms with van der Waals surface area (Å²) in [5, 5.41) is 4.90. The van der Waals surface area contributed by atoms with Gasteiger partial charge < -0.3 is 4.57 Å². The highest BCUT2D eigenvalue weighted by atomic mass is 15.2. The van der Waals surface area contributed by atoms with E-state index in [1.165, 1.54) is 88.3 Å². The van der Waals surface area contributed by atoms with E-state index in [2.05, 4.69) is 161 Å². The summed E-state index contributed by atoms with van der Waals surface area (Å²) in [6.45, 7) is 0. The van der Waals surface area contributed by atoms with Gasteiger partial charge in [0, 0.05) is 51.0 Å². The molecule has 4 nitrogen and oxygen atoms in total. The van der Waals surface area contributed by atoms with E-state index in [0.29, 0.717) is 5.95 Å². The minimum atomic E-state index is 0.707. The topological polar surface area (TPSA) is 35.6 Å². The smallest absolute Gasteiger partial charge is 0.235 e. The molecule has 0 atom stereocenters. The zero-order chi connectivity index (χ0) is 33.9. The number of para-hydroxylation sites is 2. The third-order valence-corrected chi connectivity index (χ3v) is 11.4. The van der Waals surface area contributed by atoms with Crippen LogP contribution in [0.25, 0.3) is 88.8 Å². The lowest BCUT2D eigenvalue weighted by Gasteiger charge is -2.11. The predicted molar refractivity (Wildman–Crippen MR) is 213 cm³/mol. The molecule has 0 saturated carbocycles. The van der Waals surface area contributed by atoms with Crippen LogP contribution in [0.5, 0.6) is 0 Å². The van der Waals surface area contributed by atoms with Crippen molar-refractivity contribution in [1.29, 1.82) is 0 Å². The maximum absolute atomic E-state index is 5.19. The summed E-state index contributed by atoms with van der Waals surface area (Å²) in [5.41, 5.74) is 18.5. The van der Waals surface area contributed by atoms with E-state index in [9.17, 15) is 0 Å². The molecule has 52 heavy (non-hydrogen) atoms. The van der Waals surface area contributed by atoms with Gasteiger partial charge in [-0.25, -0.2) is 9.97 Å². The average Bonchev–Trinajstić information content (AvgIpc) is 3.94. The molecule has 3 heterocycles. The molecule has 0 amide bonds. The van der Waals surface area contributed by atoms with E-state index in [1.807, 2.05) is 6.20 Å². The number of fused-ring (bicyclic) bond motifs is 12. The largest absolute Gasteiger partial charge is 0.309 e. The second kappa shape index (κ2) is 10.4. The lowest BCUT2D eigenvalue weighted by atomic mass is 10.0. The first-order valence-electron chi connectivity index (χ1n) is 18.0. The van der Waals surface area contributed by atoms with Crippen molar-refractivity contribution >= 4 is 43.6 Å². The summed E-state index contributed by atoms with van der Waals surface area (Å²) in [4.78, 5) is 10.1. The molecule has 7 aromatic carbocycles. The number of aromatic nitrogens is 4. The van der Waals surface area contributed by atoms with Crippen LogP contribution in [0, 0.1) is 0 Å². The molecule has 0 N–H and O–H groups in total. The molecule has 3 aromatic heterocycles. The summed E-state index contributed by atoms with van der Waals surface area (Å²) in [7, 11) is 0. The van der Waals surface area contributed by atoms with E-state index in [1.54, 1.807) is 0 Å². The number of rotatable bonds is 3. The SMILES string of the molecule is c1ccc2c(c1)Cc1ccc(-n3c4ccccc4c4cc(-c5ccc6c(c5)c5ccccc5n6-c5ncc6c(n5)-c5ccccc5C6)ccc43)cc1-2. The van der Waals surface area contributed by atoms with Crippen molar-refractivity contribution in [2.24, 2.45) is 0 Å². The van der Waals surface area contributed by atoms with Gasteiger partial charge in [0.05, 0.1) is 27.8 Å². The second-order valence-electron chi connectivity index (χ2n) is 14.2. The van der Waals surface area contributed by atoms with Crippen molar-refractivity contribution in [1.82, 2.24) is 19.1 Å². The normalized spacial score (nSPS) is 12.8. The number of hydrogen-bond acceptors (Lipinski definition) is 2. The third-order valence-electron chi connectivity index (χ3n) is 11.4. The molecule has 4 heteroatoms. The molecule has 2 aliphatic carbocycles. The molecule has 0 saturated heterocycles. The Balaban J connectivity index is 1.01. The van der Waals surface area contributed by atoms with Gasteiger partial charge in [-0.1, -0.05) is 103 Å². The van der Waals surface area contributed by atoms with Crippen LogP contribution < -0.4 is 0 Å². The van der Waals surface area contributed by atoms with Crippen LogP contribution in [-0.2, 0) is 12.8 Å². The Morgan fingerprint density at radius 1 is 0.404 bits per heavy atom. The van der Waals surface area contributed by atoms with Gasteiger partial charge in [0.2, 0.25) is 5.95 Å². The maximum Gasteiger partial charge on any atom is 0.235 e. The minimum Gasteiger partial charge on any atom is -0.309 e. The summed E-state index contributed by atoms with van der Waals surface area (Å²) in [6, 6.07) is 55.6. The van der Waals surface area contributed by atoms with Crippen LogP contribution in [0.15, 0.2) is 158 Å². The number of nitrogens with zero attached hydrogens (tertiary/aromatic N) is 4. The molecule has 12 rings (SSSR count). The fourth-order valence-corrected chi connectivity index (χ4v) is 9.03. The van der Waals surface area contributed by atoms with E-state index in [0.717, 1.165) is 29.6 Å². The van der Waals surface area contributed by atoms with Crippen LogP contribution in [0.4, 0.5) is 0 Å². The highest BCUT2D eigenvalue weighted by Crippen LogP contribution is 2.42. The molecule has 0 fully saturated rings. The lowest BCUT2D eigenvalue weighted by Crippen LogP contribution is -2.02. The number of benzene rings is 7. The van der Waals surface area contributed by atoms with Crippen LogP contribution in [0.3, 0.4) is 0 Å². The molecule has 0 spiro atoms.